The number of halogens is 1. The summed E-state index contributed by atoms with van der Waals surface area (Å²) in [6, 6.07) is 7.16. The molecule has 9 heteroatoms. The van der Waals surface area contributed by atoms with Crippen molar-refractivity contribution in [1.82, 2.24) is 24.7 Å². The number of nitrogens with zero attached hydrogens (tertiary/aromatic N) is 5. The van der Waals surface area contributed by atoms with E-state index in [2.05, 4.69) is 25.0 Å². The van der Waals surface area contributed by atoms with Gasteiger partial charge in [0.15, 0.2) is 0 Å². The van der Waals surface area contributed by atoms with Crippen molar-refractivity contribution in [2.45, 2.75) is 26.2 Å². The number of nitrogens with one attached hydrogen (secondary N) is 1. The molecule has 29 heavy (non-hydrogen) atoms. The van der Waals surface area contributed by atoms with E-state index in [0.29, 0.717) is 21.4 Å². The molecule has 1 fully saturated rings. The Labute approximate surface area is 176 Å². The van der Waals surface area contributed by atoms with Crippen molar-refractivity contribution >= 4 is 39.1 Å². The third-order valence-electron chi connectivity index (χ3n) is 5.17. The minimum absolute atomic E-state index is 0.185. The molecule has 1 aromatic carbocycles. The molecular weight excluding hydrogens is 408 g/mol. The van der Waals surface area contributed by atoms with Gasteiger partial charge in [0.1, 0.15) is 5.52 Å². The zero-order valence-electron chi connectivity index (χ0n) is 15.9. The Bertz CT molecular complexity index is 1250. The molecule has 0 radical (unpaired) electrons. The van der Waals surface area contributed by atoms with Crippen LogP contribution in [-0.4, -0.2) is 37.8 Å². The molecule has 7 nitrogen and oxygen atoms in total. The monoisotopic (exact) mass is 426 g/mol. The number of hydrogen-bond donors (Lipinski definition) is 1. The smallest absolute Gasteiger partial charge is 0.273 e. The summed E-state index contributed by atoms with van der Waals surface area (Å²) in [6.07, 6.45) is 5.40. The maximum Gasteiger partial charge on any atom is 0.273 e. The average molecular weight is 427 g/mol. The number of benzene rings is 1. The van der Waals surface area contributed by atoms with Crippen LogP contribution in [0.25, 0.3) is 26.6 Å². The molecule has 1 aliphatic heterocycles. The Kier molecular flexibility index (Phi) is 4.60. The Hall–Kier alpha value is -2.71. The van der Waals surface area contributed by atoms with Crippen LogP contribution in [0.3, 0.4) is 0 Å². The highest BCUT2D eigenvalue weighted by Crippen LogP contribution is 2.30. The Morgan fingerprint density at radius 1 is 1.17 bits per heavy atom. The summed E-state index contributed by atoms with van der Waals surface area (Å²) < 4.78 is 2.37. The summed E-state index contributed by atoms with van der Waals surface area (Å²) in [4.78, 5) is 28.6. The highest BCUT2D eigenvalue weighted by Gasteiger charge is 2.17. The molecule has 1 saturated heterocycles. The van der Waals surface area contributed by atoms with E-state index in [1.165, 1.54) is 35.3 Å². The lowest BCUT2D eigenvalue weighted by Crippen LogP contribution is -2.31. The van der Waals surface area contributed by atoms with Crippen LogP contribution in [0.4, 0.5) is 5.95 Å². The zero-order valence-corrected chi connectivity index (χ0v) is 17.4. The number of rotatable bonds is 3. The van der Waals surface area contributed by atoms with E-state index in [0.717, 1.165) is 35.0 Å². The lowest BCUT2D eigenvalue weighted by atomic mass is 10.1. The molecule has 0 atom stereocenters. The Balaban J connectivity index is 1.51. The molecule has 3 aromatic heterocycles. The molecule has 148 valence electrons. The van der Waals surface area contributed by atoms with Crippen LogP contribution in [0, 0.1) is 6.92 Å². The van der Waals surface area contributed by atoms with E-state index in [-0.39, 0.29) is 5.56 Å². The van der Waals surface area contributed by atoms with E-state index in [9.17, 15) is 4.79 Å². The molecule has 0 bridgehead atoms. The molecule has 1 N–H and O–H groups in total. The predicted octanol–water partition coefficient (Wildman–Crippen LogP) is 4.18. The minimum atomic E-state index is -0.185. The highest BCUT2D eigenvalue weighted by atomic mass is 35.5. The average Bonchev–Trinajstić information content (AvgIpc) is 3.33. The molecule has 4 aromatic rings. The molecule has 0 amide bonds. The van der Waals surface area contributed by atoms with E-state index in [1.54, 1.807) is 18.3 Å². The van der Waals surface area contributed by atoms with Crippen molar-refractivity contribution in [2.75, 3.05) is 18.0 Å². The van der Waals surface area contributed by atoms with Crippen molar-refractivity contribution in [3.63, 3.8) is 0 Å². The molecule has 1 aliphatic rings. The number of fused-ring (bicyclic) bond motifs is 1. The van der Waals surface area contributed by atoms with E-state index >= 15 is 0 Å². The van der Waals surface area contributed by atoms with E-state index in [1.807, 2.05) is 19.1 Å². The fourth-order valence-electron chi connectivity index (χ4n) is 3.64. The number of H-pyrrole nitrogens is 1. The van der Waals surface area contributed by atoms with Gasteiger partial charge in [-0.3, -0.25) is 9.89 Å². The number of anilines is 1. The lowest BCUT2D eigenvalue weighted by Gasteiger charge is -2.26. The van der Waals surface area contributed by atoms with Gasteiger partial charge in [-0.1, -0.05) is 29.0 Å². The number of hydrogen-bond acceptors (Lipinski definition) is 6. The minimum Gasteiger partial charge on any atom is -0.341 e. The van der Waals surface area contributed by atoms with Gasteiger partial charge in [-0.25, -0.2) is 15.0 Å². The van der Waals surface area contributed by atoms with Crippen molar-refractivity contribution in [1.29, 1.82) is 0 Å². The highest BCUT2D eigenvalue weighted by molar-refractivity contribution is 7.20. The zero-order chi connectivity index (χ0) is 20.0. The molecular formula is C20H19ClN6OS. The molecule has 4 heterocycles. The Morgan fingerprint density at radius 2 is 2.00 bits per heavy atom. The van der Waals surface area contributed by atoms with Gasteiger partial charge in [-0.05, 0) is 38.3 Å². The maximum absolute atomic E-state index is 12.6. The number of aromatic amines is 1. The van der Waals surface area contributed by atoms with Crippen molar-refractivity contribution in [3.8, 4) is 16.4 Å². The fourth-order valence-corrected chi connectivity index (χ4v) is 4.87. The number of aryl methyl sites for hydroxylation is 1. The fraction of sp³-hybridized carbons (Fsp3) is 0.300. The second-order valence-electron chi connectivity index (χ2n) is 7.14. The van der Waals surface area contributed by atoms with Crippen molar-refractivity contribution < 1.29 is 0 Å². The summed E-state index contributed by atoms with van der Waals surface area (Å²) in [5.74, 6) is 0.758. The molecule has 0 unspecified atom stereocenters. The van der Waals surface area contributed by atoms with Gasteiger partial charge < -0.3 is 4.90 Å². The van der Waals surface area contributed by atoms with Gasteiger partial charge in [0, 0.05) is 30.9 Å². The number of para-hydroxylation sites is 1. The second kappa shape index (κ2) is 7.27. The first-order valence-electron chi connectivity index (χ1n) is 9.56. The summed E-state index contributed by atoms with van der Waals surface area (Å²) in [5, 5.41) is 4.27. The molecule has 5 rings (SSSR count). The van der Waals surface area contributed by atoms with Gasteiger partial charge in [-0.15, -0.1) is 0 Å². The van der Waals surface area contributed by atoms with Crippen molar-refractivity contribution in [3.05, 3.63) is 51.5 Å². The quantitative estimate of drug-likeness (QED) is 0.531. The first-order chi connectivity index (χ1) is 14.1. The number of aromatic nitrogens is 5. The van der Waals surface area contributed by atoms with Crippen LogP contribution in [0.5, 0.6) is 0 Å². The van der Waals surface area contributed by atoms with Crippen LogP contribution in [-0.2, 0) is 0 Å². The number of thiazole rings is 1. The molecule has 0 spiro atoms. The maximum atomic E-state index is 12.6. The van der Waals surface area contributed by atoms with Crippen LogP contribution in [0.1, 0.15) is 25.0 Å². The third kappa shape index (κ3) is 3.32. The van der Waals surface area contributed by atoms with Crippen LogP contribution in [0.2, 0.25) is 5.02 Å². The van der Waals surface area contributed by atoms with E-state index in [4.69, 9.17) is 11.6 Å². The van der Waals surface area contributed by atoms with Crippen LogP contribution < -0.4 is 10.5 Å². The summed E-state index contributed by atoms with van der Waals surface area (Å²) in [6.45, 7) is 3.93. The Morgan fingerprint density at radius 3 is 2.76 bits per heavy atom. The van der Waals surface area contributed by atoms with Gasteiger partial charge in [-0.2, -0.15) is 4.68 Å². The number of piperidine rings is 1. The van der Waals surface area contributed by atoms with Gasteiger partial charge >= 0.3 is 0 Å². The van der Waals surface area contributed by atoms with Crippen LogP contribution in [0.15, 0.2) is 35.3 Å². The second-order valence-corrected chi connectivity index (χ2v) is 8.56. The van der Waals surface area contributed by atoms with Crippen molar-refractivity contribution in [2.24, 2.45) is 0 Å². The van der Waals surface area contributed by atoms with Gasteiger partial charge in [0.25, 0.3) is 5.56 Å². The molecule has 0 aliphatic carbocycles. The van der Waals surface area contributed by atoms with Gasteiger partial charge in [0.05, 0.1) is 21.1 Å². The first kappa shape index (κ1) is 18.3. The molecule has 0 saturated carbocycles. The first-order valence-corrected chi connectivity index (χ1v) is 10.8. The third-order valence-corrected chi connectivity index (χ3v) is 6.48. The predicted molar refractivity (Wildman–Crippen MR) is 116 cm³/mol. The summed E-state index contributed by atoms with van der Waals surface area (Å²) in [7, 11) is 0. The van der Waals surface area contributed by atoms with Crippen LogP contribution >= 0.6 is 22.9 Å². The van der Waals surface area contributed by atoms with E-state index < -0.39 is 0 Å². The SMILES string of the molecule is Cc1nc(N2CCCCC2)ncc1-c1cc(=O)n(-c2nc3c(Cl)cccc3s2)[nH]1. The standard InChI is InChI=1S/C20H19ClN6OS/c1-12-13(11-22-19(23-12)26-8-3-2-4-9-26)15-10-17(28)27(25-15)20-24-18-14(21)6-5-7-16(18)29-20/h5-7,10-11,25H,2-4,8-9H2,1H3. The summed E-state index contributed by atoms with van der Waals surface area (Å²) in [5.41, 5.74) is 2.82. The largest absolute Gasteiger partial charge is 0.341 e. The lowest BCUT2D eigenvalue weighted by molar-refractivity contribution is 0.568. The normalized spacial score (nSPS) is 14.6. The summed E-state index contributed by atoms with van der Waals surface area (Å²) >= 11 is 7.64. The topological polar surface area (TPSA) is 79.7 Å². The van der Waals surface area contributed by atoms with Gasteiger partial charge in [0.2, 0.25) is 11.1 Å².